The Morgan fingerprint density at radius 1 is 1.44 bits per heavy atom. The van der Waals surface area contributed by atoms with Gasteiger partial charge in [-0.1, -0.05) is 18.7 Å². The molecular formula is C11H16N4O2S. The minimum atomic E-state index is -0.830. The average Bonchev–Trinajstić information content (AvgIpc) is 2.84. The van der Waals surface area contributed by atoms with Gasteiger partial charge >= 0.3 is 5.97 Å². The van der Waals surface area contributed by atoms with E-state index in [1.807, 2.05) is 30.1 Å². The first-order valence-corrected chi connectivity index (χ1v) is 6.83. The lowest BCUT2D eigenvalue weighted by molar-refractivity contribution is -0.133. The van der Waals surface area contributed by atoms with E-state index < -0.39 is 5.97 Å². The Hall–Kier alpha value is -1.50. The summed E-state index contributed by atoms with van der Waals surface area (Å²) in [5.41, 5.74) is 2.80. The quantitative estimate of drug-likeness (QED) is 0.832. The van der Waals surface area contributed by atoms with Crippen LogP contribution >= 0.6 is 11.8 Å². The lowest BCUT2D eigenvalue weighted by Gasteiger charge is -2.04. The number of aliphatic carboxylic acids is 1. The lowest BCUT2D eigenvalue weighted by atomic mass is 10.3. The second-order valence-electron chi connectivity index (χ2n) is 3.92. The molecule has 2 rings (SSSR count). The van der Waals surface area contributed by atoms with Crippen LogP contribution in [-0.2, 0) is 24.8 Å². The number of imidazole rings is 1. The van der Waals surface area contributed by atoms with Gasteiger partial charge in [0.15, 0.2) is 10.8 Å². The molecule has 18 heavy (non-hydrogen) atoms. The van der Waals surface area contributed by atoms with Crippen LogP contribution in [0.15, 0.2) is 5.16 Å². The molecule has 0 atom stereocenters. The summed E-state index contributed by atoms with van der Waals surface area (Å²) in [6.45, 7) is 4.81. The van der Waals surface area contributed by atoms with Gasteiger partial charge in [0.05, 0.1) is 11.4 Å². The van der Waals surface area contributed by atoms with Crippen LogP contribution < -0.4 is 0 Å². The zero-order chi connectivity index (χ0) is 13.3. The van der Waals surface area contributed by atoms with E-state index in [1.165, 1.54) is 11.8 Å². The van der Waals surface area contributed by atoms with Gasteiger partial charge in [0, 0.05) is 13.6 Å². The van der Waals surface area contributed by atoms with E-state index >= 15 is 0 Å². The Bertz CT molecular complexity index is 587. The van der Waals surface area contributed by atoms with E-state index in [9.17, 15) is 4.79 Å². The predicted molar refractivity (Wildman–Crippen MR) is 69.9 cm³/mol. The van der Waals surface area contributed by atoms with E-state index in [2.05, 4.69) is 10.1 Å². The number of fused-ring (bicyclic) bond motifs is 1. The van der Waals surface area contributed by atoms with Crippen LogP contribution in [-0.4, -0.2) is 36.2 Å². The van der Waals surface area contributed by atoms with E-state index in [0.29, 0.717) is 0 Å². The van der Waals surface area contributed by atoms with Crippen LogP contribution in [0.2, 0.25) is 0 Å². The first kappa shape index (κ1) is 12.9. The minimum absolute atomic E-state index is 0.0260. The number of hydrogen-bond donors (Lipinski definition) is 1. The molecule has 0 spiro atoms. The summed E-state index contributed by atoms with van der Waals surface area (Å²) >= 11 is 1.25. The van der Waals surface area contributed by atoms with Crippen molar-refractivity contribution in [2.24, 2.45) is 7.05 Å². The molecule has 0 fully saturated rings. The van der Waals surface area contributed by atoms with E-state index in [1.54, 1.807) is 0 Å². The van der Waals surface area contributed by atoms with E-state index in [4.69, 9.17) is 5.11 Å². The van der Waals surface area contributed by atoms with Crippen molar-refractivity contribution in [3.8, 4) is 0 Å². The van der Waals surface area contributed by atoms with Crippen molar-refractivity contribution in [1.29, 1.82) is 0 Å². The van der Waals surface area contributed by atoms with Crippen molar-refractivity contribution in [3.63, 3.8) is 0 Å². The molecule has 98 valence electrons. The Labute approximate surface area is 109 Å². The summed E-state index contributed by atoms with van der Waals surface area (Å²) in [5, 5.41) is 13.9. The Balaban J connectivity index is 2.50. The Morgan fingerprint density at radius 3 is 2.72 bits per heavy atom. The summed E-state index contributed by atoms with van der Waals surface area (Å²) in [4.78, 5) is 15.2. The zero-order valence-corrected chi connectivity index (χ0v) is 11.5. The second-order valence-corrected chi connectivity index (χ2v) is 4.86. The average molecular weight is 268 g/mol. The number of nitrogens with zero attached hydrogens (tertiary/aromatic N) is 4. The SMILES string of the molecule is CCc1nn(C)c2c1nc(SCC(=O)O)n2CC. The van der Waals surface area contributed by atoms with Crippen LogP contribution in [0.4, 0.5) is 0 Å². The number of aryl methyl sites for hydroxylation is 3. The molecule has 0 aliphatic rings. The number of rotatable bonds is 5. The first-order valence-electron chi connectivity index (χ1n) is 5.85. The third kappa shape index (κ3) is 2.10. The maximum Gasteiger partial charge on any atom is 0.313 e. The maximum absolute atomic E-state index is 10.6. The van der Waals surface area contributed by atoms with Crippen LogP contribution in [0.5, 0.6) is 0 Å². The summed E-state index contributed by atoms with van der Waals surface area (Å²) in [7, 11) is 1.89. The fourth-order valence-corrected chi connectivity index (χ4v) is 2.76. The third-order valence-electron chi connectivity index (χ3n) is 2.73. The van der Waals surface area contributed by atoms with Crippen LogP contribution in [0.1, 0.15) is 19.5 Å². The molecule has 1 N–H and O–H groups in total. The van der Waals surface area contributed by atoms with Crippen LogP contribution in [0.25, 0.3) is 11.2 Å². The Morgan fingerprint density at radius 2 is 2.17 bits per heavy atom. The van der Waals surface area contributed by atoms with E-state index in [-0.39, 0.29) is 5.75 Å². The lowest BCUT2D eigenvalue weighted by Crippen LogP contribution is -2.05. The van der Waals surface area contributed by atoms with Gasteiger partial charge in [0.25, 0.3) is 0 Å². The highest BCUT2D eigenvalue weighted by atomic mass is 32.2. The third-order valence-corrected chi connectivity index (χ3v) is 3.69. The largest absolute Gasteiger partial charge is 0.481 e. The zero-order valence-electron chi connectivity index (χ0n) is 10.7. The molecule has 7 heteroatoms. The van der Waals surface area contributed by atoms with Gasteiger partial charge in [-0.3, -0.25) is 9.48 Å². The maximum atomic E-state index is 10.6. The predicted octanol–water partition coefficient (Wildman–Crippen LogP) is 1.53. The second kappa shape index (κ2) is 5.01. The van der Waals surface area contributed by atoms with Crippen LogP contribution in [0.3, 0.4) is 0 Å². The normalized spacial score (nSPS) is 11.3. The number of hydrogen-bond acceptors (Lipinski definition) is 4. The Kier molecular flexibility index (Phi) is 3.60. The number of carboxylic acid groups (broad SMARTS) is 1. The van der Waals surface area contributed by atoms with Crippen LogP contribution in [0, 0.1) is 0 Å². The van der Waals surface area contributed by atoms with Gasteiger partial charge < -0.3 is 9.67 Å². The molecule has 0 unspecified atom stereocenters. The van der Waals surface area contributed by atoms with Crippen molar-refractivity contribution in [1.82, 2.24) is 19.3 Å². The molecule has 2 aromatic rings. The fourth-order valence-electron chi connectivity index (χ4n) is 1.98. The molecule has 0 amide bonds. The summed E-state index contributed by atoms with van der Waals surface area (Å²) in [5.74, 6) is -0.804. The molecule has 0 aliphatic heterocycles. The van der Waals surface area contributed by atoms with Gasteiger partial charge in [0.1, 0.15) is 5.52 Å². The fraction of sp³-hybridized carbons (Fsp3) is 0.545. The summed E-state index contributed by atoms with van der Waals surface area (Å²) < 4.78 is 3.82. The highest BCUT2D eigenvalue weighted by Gasteiger charge is 2.18. The van der Waals surface area contributed by atoms with Gasteiger partial charge in [0.2, 0.25) is 0 Å². The standard InChI is InChI=1S/C11H16N4O2S/c1-4-7-9-10(14(3)13-7)15(5-2)11(12-9)18-6-8(16)17/h4-6H2,1-3H3,(H,16,17). The number of thioether (sulfide) groups is 1. The molecule has 0 saturated carbocycles. The van der Waals surface area contributed by atoms with Gasteiger partial charge in [-0.25, -0.2) is 4.98 Å². The highest BCUT2D eigenvalue weighted by molar-refractivity contribution is 7.99. The molecule has 0 saturated heterocycles. The first-order chi connectivity index (χ1) is 8.58. The van der Waals surface area contributed by atoms with Crippen molar-refractivity contribution < 1.29 is 9.90 Å². The molecule has 2 heterocycles. The summed E-state index contributed by atoms with van der Waals surface area (Å²) in [6, 6.07) is 0. The molecule has 0 radical (unpaired) electrons. The number of carboxylic acids is 1. The topological polar surface area (TPSA) is 72.9 Å². The molecule has 0 aliphatic carbocycles. The number of carbonyl (C=O) groups is 1. The van der Waals surface area contributed by atoms with Gasteiger partial charge in [-0.2, -0.15) is 5.10 Å². The monoisotopic (exact) mass is 268 g/mol. The summed E-state index contributed by atoms with van der Waals surface area (Å²) in [6.07, 6.45) is 0.821. The van der Waals surface area contributed by atoms with Gasteiger partial charge in [-0.05, 0) is 13.3 Å². The van der Waals surface area contributed by atoms with E-state index in [0.717, 1.165) is 35.0 Å². The van der Waals surface area contributed by atoms with Crippen molar-refractivity contribution in [2.75, 3.05) is 5.75 Å². The smallest absolute Gasteiger partial charge is 0.313 e. The van der Waals surface area contributed by atoms with Gasteiger partial charge in [-0.15, -0.1) is 0 Å². The molecule has 0 aromatic carbocycles. The highest BCUT2D eigenvalue weighted by Crippen LogP contribution is 2.26. The molecular weight excluding hydrogens is 252 g/mol. The number of aromatic nitrogens is 4. The molecule has 0 bridgehead atoms. The van der Waals surface area contributed by atoms with Crippen molar-refractivity contribution in [2.45, 2.75) is 32.0 Å². The molecule has 6 nitrogen and oxygen atoms in total. The van der Waals surface area contributed by atoms with Crippen molar-refractivity contribution in [3.05, 3.63) is 5.69 Å². The molecule has 2 aromatic heterocycles. The van der Waals surface area contributed by atoms with Crippen molar-refractivity contribution >= 4 is 28.9 Å². The minimum Gasteiger partial charge on any atom is -0.481 e.